The SMILES string of the molecule is Cc1cccc(C)c1CC(N)CCN(C)C. The second-order valence-corrected chi connectivity index (χ2v) is 4.93. The molecule has 0 fully saturated rings. The first-order valence-electron chi connectivity index (χ1n) is 5.96. The molecule has 0 saturated heterocycles. The summed E-state index contributed by atoms with van der Waals surface area (Å²) in [5, 5.41) is 0. The van der Waals surface area contributed by atoms with Gasteiger partial charge in [-0.2, -0.15) is 0 Å². The second-order valence-electron chi connectivity index (χ2n) is 4.93. The Morgan fingerprint density at radius 1 is 1.19 bits per heavy atom. The maximum atomic E-state index is 6.17. The van der Waals surface area contributed by atoms with Crippen molar-refractivity contribution in [3.8, 4) is 0 Å². The maximum absolute atomic E-state index is 6.17. The summed E-state index contributed by atoms with van der Waals surface area (Å²) in [5.74, 6) is 0. The standard InChI is InChI=1S/C14H24N2/c1-11-6-5-7-12(2)14(11)10-13(15)8-9-16(3)4/h5-7,13H,8-10,15H2,1-4H3. The first-order valence-corrected chi connectivity index (χ1v) is 5.96. The van der Waals surface area contributed by atoms with Crippen molar-refractivity contribution in [3.05, 3.63) is 34.9 Å². The zero-order valence-corrected chi connectivity index (χ0v) is 11.0. The van der Waals surface area contributed by atoms with E-state index >= 15 is 0 Å². The van der Waals surface area contributed by atoms with Gasteiger partial charge in [-0.25, -0.2) is 0 Å². The van der Waals surface area contributed by atoms with E-state index in [0.29, 0.717) is 0 Å². The lowest BCUT2D eigenvalue weighted by Gasteiger charge is -2.17. The van der Waals surface area contributed by atoms with Crippen LogP contribution in [-0.2, 0) is 6.42 Å². The van der Waals surface area contributed by atoms with E-state index < -0.39 is 0 Å². The molecule has 90 valence electrons. The van der Waals surface area contributed by atoms with E-state index in [2.05, 4.69) is 51.0 Å². The molecule has 2 heteroatoms. The van der Waals surface area contributed by atoms with Crippen molar-refractivity contribution >= 4 is 0 Å². The Kier molecular flexibility index (Phi) is 4.97. The molecule has 16 heavy (non-hydrogen) atoms. The van der Waals surface area contributed by atoms with E-state index in [4.69, 9.17) is 5.73 Å². The third-order valence-electron chi connectivity index (χ3n) is 3.06. The smallest absolute Gasteiger partial charge is 0.00916 e. The van der Waals surface area contributed by atoms with Crippen molar-refractivity contribution in [2.45, 2.75) is 32.7 Å². The van der Waals surface area contributed by atoms with Crippen LogP contribution in [-0.4, -0.2) is 31.6 Å². The van der Waals surface area contributed by atoms with E-state index in [0.717, 1.165) is 19.4 Å². The largest absolute Gasteiger partial charge is 0.327 e. The maximum Gasteiger partial charge on any atom is 0.00916 e. The first kappa shape index (κ1) is 13.2. The summed E-state index contributed by atoms with van der Waals surface area (Å²) < 4.78 is 0. The lowest BCUT2D eigenvalue weighted by molar-refractivity contribution is 0.379. The van der Waals surface area contributed by atoms with E-state index in [1.165, 1.54) is 16.7 Å². The van der Waals surface area contributed by atoms with Crippen molar-refractivity contribution in [3.63, 3.8) is 0 Å². The van der Waals surface area contributed by atoms with Gasteiger partial charge in [-0.3, -0.25) is 0 Å². The zero-order valence-electron chi connectivity index (χ0n) is 11.0. The Hall–Kier alpha value is -0.860. The highest BCUT2D eigenvalue weighted by molar-refractivity contribution is 5.34. The van der Waals surface area contributed by atoms with Crippen LogP contribution in [0.5, 0.6) is 0 Å². The molecule has 0 amide bonds. The highest BCUT2D eigenvalue weighted by Gasteiger charge is 2.08. The van der Waals surface area contributed by atoms with Crippen LogP contribution in [0.2, 0.25) is 0 Å². The molecule has 0 aliphatic heterocycles. The van der Waals surface area contributed by atoms with Crippen LogP contribution in [0, 0.1) is 13.8 Å². The molecule has 0 bridgehead atoms. The Balaban J connectivity index is 2.59. The van der Waals surface area contributed by atoms with Gasteiger partial charge in [-0.1, -0.05) is 18.2 Å². The predicted octanol–water partition coefficient (Wildman–Crippen LogP) is 2.12. The third-order valence-corrected chi connectivity index (χ3v) is 3.06. The molecule has 2 nitrogen and oxygen atoms in total. The van der Waals surface area contributed by atoms with Gasteiger partial charge in [0.2, 0.25) is 0 Å². The van der Waals surface area contributed by atoms with Gasteiger partial charge in [0, 0.05) is 6.04 Å². The van der Waals surface area contributed by atoms with Gasteiger partial charge in [-0.15, -0.1) is 0 Å². The molecular formula is C14H24N2. The summed E-state index contributed by atoms with van der Waals surface area (Å²) in [6.07, 6.45) is 2.05. The van der Waals surface area contributed by atoms with E-state index in [1.807, 2.05) is 0 Å². The quantitative estimate of drug-likeness (QED) is 0.823. The molecule has 1 aromatic rings. The topological polar surface area (TPSA) is 29.3 Å². The molecule has 0 spiro atoms. The van der Waals surface area contributed by atoms with Crippen LogP contribution >= 0.6 is 0 Å². The average Bonchev–Trinajstić information content (AvgIpc) is 2.21. The Labute approximate surface area is 99.5 Å². The number of aryl methyl sites for hydroxylation is 2. The molecular weight excluding hydrogens is 196 g/mol. The number of hydrogen-bond acceptors (Lipinski definition) is 2. The molecule has 0 aromatic heterocycles. The van der Waals surface area contributed by atoms with E-state index in [-0.39, 0.29) is 6.04 Å². The summed E-state index contributed by atoms with van der Waals surface area (Å²) >= 11 is 0. The van der Waals surface area contributed by atoms with Crippen LogP contribution in [0.15, 0.2) is 18.2 Å². The van der Waals surface area contributed by atoms with Gasteiger partial charge in [0.05, 0.1) is 0 Å². The van der Waals surface area contributed by atoms with Crippen LogP contribution < -0.4 is 5.73 Å². The summed E-state index contributed by atoms with van der Waals surface area (Å²) in [6, 6.07) is 6.71. The summed E-state index contributed by atoms with van der Waals surface area (Å²) in [5.41, 5.74) is 10.3. The lowest BCUT2D eigenvalue weighted by atomic mass is 9.95. The van der Waals surface area contributed by atoms with Gasteiger partial charge < -0.3 is 10.6 Å². The summed E-state index contributed by atoms with van der Waals surface area (Å²) in [4.78, 5) is 2.19. The highest BCUT2D eigenvalue weighted by atomic mass is 15.0. The monoisotopic (exact) mass is 220 g/mol. The third kappa shape index (κ3) is 3.95. The van der Waals surface area contributed by atoms with Crippen molar-refractivity contribution in [2.24, 2.45) is 5.73 Å². The summed E-state index contributed by atoms with van der Waals surface area (Å²) in [6.45, 7) is 5.40. The second kappa shape index (κ2) is 6.02. The van der Waals surface area contributed by atoms with Crippen molar-refractivity contribution in [1.82, 2.24) is 4.90 Å². The average molecular weight is 220 g/mol. The minimum Gasteiger partial charge on any atom is -0.327 e. The fourth-order valence-electron chi connectivity index (χ4n) is 1.96. The van der Waals surface area contributed by atoms with Crippen LogP contribution in [0.3, 0.4) is 0 Å². The van der Waals surface area contributed by atoms with Crippen molar-refractivity contribution in [2.75, 3.05) is 20.6 Å². The molecule has 1 unspecified atom stereocenters. The van der Waals surface area contributed by atoms with E-state index in [9.17, 15) is 0 Å². The minimum atomic E-state index is 0.266. The minimum absolute atomic E-state index is 0.266. The van der Waals surface area contributed by atoms with Gasteiger partial charge in [-0.05, 0) is 64.0 Å². The van der Waals surface area contributed by atoms with Crippen LogP contribution in [0.25, 0.3) is 0 Å². The Morgan fingerprint density at radius 3 is 2.25 bits per heavy atom. The molecule has 1 aromatic carbocycles. The van der Waals surface area contributed by atoms with Crippen LogP contribution in [0.4, 0.5) is 0 Å². The Morgan fingerprint density at radius 2 is 1.75 bits per heavy atom. The molecule has 0 aliphatic rings. The van der Waals surface area contributed by atoms with Crippen molar-refractivity contribution in [1.29, 1.82) is 0 Å². The molecule has 0 heterocycles. The first-order chi connectivity index (χ1) is 7.50. The van der Waals surface area contributed by atoms with Gasteiger partial charge in [0.15, 0.2) is 0 Å². The van der Waals surface area contributed by atoms with Gasteiger partial charge >= 0.3 is 0 Å². The predicted molar refractivity (Wildman–Crippen MR) is 70.8 cm³/mol. The fourth-order valence-corrected chi connectivity index (χ4v) is 1.96. The normalized spacial score (nSPS) is 13.1. The molecule has 1 atom stereocenters. The van der Waals surface area contributed by atoms with Gasteiger partial charge in [0.25, 0.3) is 0 Å². The summed E-state index contributed by atoms with van der Waals surface area (Å²) in [7, 11) is 4.18. The number of benzene rings is 1. The number of rotatable bonds is 5. The molecule has 0 aliphatic carbocycles. The number of nitrogens with zero attached hydrogens (tertiary/aromatic N) is 1. The van der Waals surface area contributed by atoms with Crippen LogP contribution in [0.1, 0.15) is 23.1 Å². The molecule has 1 rings (SSSR count). The number of hydrogen-bond donors (Lipinski definition) is 1. The fraction of sp³-hybridized carbons (Fsp3) is 0.571. The Bertz CT molecular complexity index is 311. The highest BCUT2D eigenvalue weighted by Crippen LogP contribution is 2.15. The molecule has 0 saturated carbocycles. The van der Waals surface area contributed by atoms with E-state index in [1.54, 1.807) is 0 Å². The van der Waals surface area contributed by atoms with Crippen molar-refractivity contribution < 1.29 is 0 Å². The zero-order chi connectivity index (χ0) is 12.1. The number of nitrogens with two attached hydrogens (primary N) is 1. The lowest BCUT2D eigenvalue weighted by Crippen LogP contribution is -2.28. The molecule has 2 N–H and O–H groups in total. The molecule has 0 radical (unpaired) electrons. The van der Waals surface area contributed by atoms with Gasteiger partial charge in [0.1, 0.15) is 0 Å².